The Morgan fingerprint density at radius 2 is 0.645 bits per heavy atom. The number of nitrogens with one attached hydrogen (secondary N) is 10. The monoisotopic (exact) mass is 2000 g/mol. The molecule has 22 heteroatoms. The number of alkyl halides is 2. The Morgan fingerprint density at radius 3 is 0.901 bits per heavy atom. The summed E-state index contributed by atoms with van der Waals surface area (Å²) in [6.45, 7) is 120. The van der Waals surface area contributed by atoms with Crippen molar-refractivity contribution in [2.45, 2.75) is 489 Å². The number of halogens is 2. The number of piperidine rings is 7. The van der Waals surface area contributed by atoms with Crippen LogP contribution in [-0.4, -0.2) is 345 Å². The van der Waals surface area contributed by atoms with Gasteiger partial charge in [0.2, 0.25) is 0 Å². The van der Waals surface area contributed by atoms with Crippen LogP contribution < -0.4 is 53.2 Å². The molecule has 8 aliphatic heterocycles. The summed E-state index contributed by atoms with van der Waals surface area (Å²) >= 11 is 0. The minimum Gasteiger partial charge on any atom is -0.312 e. The van der Waals surface area contributed by atoms with Gasteiger partial charge in [-0.05, 0) is 496 Å². The maximum atomic E-state index is 12.8. The average molecular weight is 2000 g/mol. The van der Waals surface area contributed by atoms with E-state index in [0.717, 1.165) is 69.0 Å². The number of aromatic nitrogens is 1. The number of hydrogen-bond donors (Lipinski definition) is 10. The third kappa shape index (κ3) is 83.6. The summed E-state index contributed by atoms with van der Waals surface area (Å²) in [4.78, 5) is 26.6. The molecule has 20 nitrogen and oxygen atoms in total. The molecule has 12 rings (SSSR count). The Morgan fingerprint density at radius 1 is 0.319 bits per heavy atom. The van der Waals surface area contributed by atoms with E-state index in [0.29, 0.717) is 29.6 Å². The fourth-order valence-corrected chi connectivity index (χ4v) is 18.9. The topological polar surface area (TPSA) is 162 Å². The first-order valence-corrected chi connectivity index (χ1v) is 58.4. The average Bonchev–Trinajstić information content (AvgIpc) is 1.70. The van der Waals surface area contributed by atoms with E-state index in [1.54, 1.807) is 6.20 Å². The largest absolute Gasteiger partial charge is 0.312 e. The highest BCUT2D eigenvalue weighted by molar-refractivity contribution is 5.08. The minimum atomic E-state index is -2.42. The normalized spacial score (nSPS) is 21.2. The summed E-state index contributed by atoms with van der Waals surface area (Å²) in [6.07, 6.45) is 36.0. The lowest BCUT2D eigenvalue weighted by atomic mass is 9.77. The van der Waals surface area contributed by atoms with Crippen LogP contribution in [0.1, 0.15) is 415 Å². The summed E-state index contributed by atoms with van der Waals surface area (Å²) in [5.74, 6) is 1.35. The van der Waals surface area contributed by atoms with Crippen molar-refractivity contribution in [3.8, 4) is 0 Å². The number of piperazine rings is 1. The summed E-state index contributed by atoms with van der Waals surface area (Å²) in [5, 5.41) is 35.4. The maximum absolute atomic E-state index is 12.8. The van der Waals surface area contributed by atoms with Gasteiger partial charge >= 0.3 is 0 Å². The van der Waals surface area contributed by atoms with E-state index in [-0.39, 0.29) is 62.7 Å². The zero-order valence-corrected chi connectivity index (χ0v) is 101. The molecule has 0 bridgehead atoms. The van der Waals surface area contributed by atoms with Crippen LogP contribution in [0.3, 0.4) is 0 Å². The predicted octanol–water partition coefficient (Wildman–Crippen LogP) is 21.9. The van der Waals surface area contributed by atoms with E-state index in [9.17, 15) is 8.78 Å². The summed E-state index contributed by atoms with van der Waals surface area (Å²) in [6, 6.07) is 4.86. The molecular weight excluding hydrogens is 1750 g/mol. The van der Waals surface area contributed by atoms with Crippen LogP contribution in [0.25, 0.3) is 0 Å². The first-order chi connectivity index (χ1) is 65.1. The number of hydrogen-bond acceptors (Lipinski definition) is 20. The molecule has 0 spiro atoms. The number of likely N-dealkylation sites (tertiary alicyclic amines) is 7. The van der Waals surface area contributed by atoms with Crippen molar-refractivity contribution in [1.82, 2.24) is 102 Å². The second-order valence-electron chi connectivity index (χ2n) is 56.4. The highest BCUT2D eigenvalue weighted by Gasteiger charge is 2.37. The molecule has 0 atom stereocenters. The fraction of sp³-hybridized carbons (Fsp3) is 0.958. The molecule has 10 N–H and O–H groups in total. The van der Waals surface area contributed by atoms with Crippen LogP contribution in [0.15, 0.2) is 24.5 Å². The van der Waals surface area contributed by atoms with Gasteiger partial charge in [-0.15, -0.1) is 0 Å². The van der Waals surface area contributed by atoms with Crippen molar-refractivity contribution in [3.63, 3.8) is 0 Å². The second-order valence-corrected chi connectivity index (χ2v) is 56.4. The lowest BCUT2D eigenvalue weighted by molar-refractivity contribution is -0.0549. The number of pyridine rings is 1. The van der Waals surface area contributed by atoms with E-state index >= 15 is 0 Å². The lowest BCUT2D eigenvalue weighted by Crippen LogP contribution is -2.55. The molecule has 9 heterocycles. The predicted molar refractivity (Wildman–Crippen MR) is 617 cm³/mol. The number of nitrogens with zero attached hydrogens (tertiary/aromatic N) is 10. The molecule has 8 saturated heterocycles. The molecule has 11 aliphatic rings. The van der Waals surface area contributed by atoms with Gasteiger partial charge in [0.1, 0.15) is 0 Å². The summed E-state index contributed by atoms with van der Waals surface area (Å²) in [7, 11) is 2.20. The number of rotatable bonds is 27. The maximum Gasteiger partial charge on any atom is 0.250 e. The highest BCUT2D eigenvalue weighted by atomic mass is 19.3. The third-order valence-electron chi connectivity index (χ3n) is 28.0. The molecule has 3 saturated carbocycles. The van der Waals surface area contributed by atoms with Crippen LogP contribution in [-0.2, 0) is 6.54 Å². The molecule has 11 fully saturated rings. The lowest BCUT2D eigenvalue weighted by Gasteiger charge is -2.44. The molecule has 0 unspecified atom stereocenters. The van der Waals surface area contributed by atoms with Gasteiger partial charge in [0, 0.05) is 203 Å². The van der Waals surface area contributed by atoms with Crippen molar-refractivity contribution in [1.29, 1.82) is 0 Å². The smallest absolute Gasteiger partial charge is 0.250 e. The molecule has 0 amide bonds. The van der Waals surface area contributed by atoms with E-state index in [1.807, 2.05) is 12.3 Å². The van der Waals surface area contributed by atoms with Gasteiger partial charge < -0.3 is 92.4 Å². The minimum absolute atomic E-state index is 0.0164. The van der Waals surface area contributed by atoms with Crippen LogP contribution in [0, 0.1) is 29.1 Å². The molecule has 838 valence electrons. The van der Waals surface area contributed by atoms with Crippen LogP contribution in [0.4, 0.5) is 8.78 Å². The Bertz CT molecular complexity index is 3010. The van der Waals surface area contributed by atoms with Gasteiger partial charge in [-0.25, -0.2) is 8.78 Å². The Balaban J connectivity index is 0.000000526. The van der Waals surface area contributed by atoms with Gasteiger partial charge in [0.05, 0.1) is 0 Å². The molecule has 1 aromatic rings. The highest BCUT2D eigenvalue weighted by Crippen LogP contribution is 2.34. The Labute approximate surface area is 877 Å². The van der Waals surface area contributed by atoms with E-state index in [4.69, 9.17) is 0 Å². The van der Waals surface area contributed by atoms with E-state index in [2.05, 4.69) is 365 Å². The molecule has 141 heavy (non-hydrogen) atoms. The third-order valence-corrected chi connectivity index (χ3v) is 28.0. The fourth-order valence-electron chi connectivity index (χ4n) is 18.9. The van der Waals surface area contributed by atoms with Crippen LogP contribution >= 0.6 is 0 Å². The molecule has 1 aromatic heterocycles. The number of likely N-dealkylation sites (N-methyl/N-ethyl adjacent to an activating group) is 1. The first-order valence-electron chi connectivity index (χ1n) is 58.4. The van der Waals surface area contributed by atoms with Crippen molar-refractivity contribution in [2.24, 2.45) is 29.1 Å². The van der Waals surface area contributed by atoms with Crippen LogP contribution in [0.5, 0.6) is 0 Å². The zero-order valence-electron chi connectivity index (χ0n) is 101. The van der Waals surface area contributed by atoms with Crippen molar-refractivity contribution >= 4 is 0 Å². The quantitative estimate of drug-likeness (QED) is 0.0405. The first kappa shape index (κ1) is 135. The van der Waals surface area contributed by atoms with Crippen LogP contribution in [0.2, 0.25) is 0 Å². The standard InChI is InChI=1S/C14H28N2.2C12H26N2.C11H22F2N2.C11H25N3.2C11H24N2.C10H16N2.C10H21N.C9H19N.C8H17N/c1-14(2,3)15-10-12-6-8-16(9-7-12)11-13-4-5-13;2*1-5-14-8-6-11(7-9-14)10-13-12(2,3)4;1-10(2,3)14-6-9-15-7-4-11(12,13)5-8-15;1-11(2,3)12-5-6-14-9-7-13(4)8-10-14;2*1-11(2,3)12-7-10-13-8-5-4-6-9-13;1-10(2,3)12-8-9-5-4-6-11-7-9;1-10(2,3)9-11-7-5-4-6-8-11;1-8(2,3)10-9(4)6-5-7-9;1-8(2,3)9-7-5-4-6-7/h12-13,15H,4-11H2,1-3H3;2*11,13H,5-10H2,1-4H3;14H,4-9H2,1-3H3;12H,5-10H2,1-4H3;2*12H,4-10H2,1-3H3;4-7,12H,8H2,1-3H3;4-9H2,1-3H3;10H,5-7H2,1-4H3;7,9H,4-6H2,1-3H3. The van der Waals surface area contributed by atoms with Crippen molar-refractivity contribution < 1.29 is 8.78 Å². The van der Waals surface area contributed by atoms with Gasteiger partial charge in [0.15, 0.2) is 0 Å². The van der Waals surface area contributed by atoms with E-state index in [1.165, 1.54) is 323 Å². The van der Waals surface area contributed by atoms with Gasteiger partial charge in [0.25, 0.3) is 5.92 Å². The van der Waals surface area contributed by atoms with Crippen molar-refractivity contribution in [3.05, 3.63) is 30.1 Å². The summed E-state index contributed by atoms with van der Waals surface area (Å²) in [5.41, 5.74) is 4.71. The Hall–Kier alpha value is -1.75. The summed E-state index contributed by atoms with van der Waals surface area (Å²) < 4.78 is 25.7. The Kier molecular flexibility index (Phi) is 65.6. The molecular formula is C119H248F2N20. The molecule has 0 aromatic carbocycles. The molecule has 0 radical (unpaired) electrons. The van der Waals surface area contributed by atoms with Crippen molar-refractivity contribution in [2.75, 3.05) is 223 Å². The van der Waals surface area contributed by atoms with E-state index < -0.39 is 5.92 Å². The SMILES string of the molecule is CC(C)(C)CN1CCCCC1.CC(C)(C)NC1(C)CCC1.CC(C)(C)NC1CCC1.CC(C)(C)NCC1CCN(CC2CC2)CC1.CC(C)(C)NCCN1CCC(F)(F)CC1.CC(C)(C)NCCN1CCCCC1.CC(C)(C)NCCN1CCCCC1.CC(C)(C)NCc1cccnc1.CCN1CCC(CNC(C)(C)C)CC1.CCN1CCC(CNC(C)(C)C)CC1.CN1CCN(CCNC(C)(C)C)CC1. The van der Waals surface area contributed by atoms with Gasteiger partial charge in [-0.3, -0.25) is 9.88 Å². The van der Waals surface area contributed by atoms with Gasteiger partial charge in [-0.1, -0.05) is 66.4 Å². The zero-order chi connectivity index (χ0) is 106. The van der Waals surface area contributed by atoms with Gasteiger partial charge in [-0.2, -0.15) is 0 Å². The second kappa shape index (κ2) is 68.3. The molecule has 3 aliphatic carbocycles.